The van der Waals surface area contributed by atoms with Gasteiger partial charge in [-0.15, -0.1) is 0 Å². The molecule has 0 spiro atoms. The van der Waals surface area contributed by atoms with Gasteiger partial charge >= 0.3 is 0 Å². The SMILES string of the molecule is c1cc(-c2ccc(-n3c4ccccc4c4ccc5c6ccccc6oc5c43)cc2)cc(-n2c3ccccc3c3ccccc32)c1. The van der Waals surface area contributed by atoms with Crippen LogP contribution in [-0.2, 0) is 0 Å². The van der Waals surface area contributed by atoms with E-state index in [2.05, 4.69) is 161 Å². The number of nitrogens with zero attached hydrogens (tertiary/aromatic N) is 2. The zero-order valence-electron chi connectivity index (χ0n) is 24.3. The van der Waals surface area contributed by atoms with Crippen LogP contribution in [0.25, 0.3) is 88.1 Å². The third kappa shape index (κ3) is 3.46. The fourth-order valence-corrected chi connectivity index (χ4v) is 7.33. The van der Waals surface area contributed by atoms with Gasteiger partial charge < -0.3 is 13.6 Å². The molecule has 210 valence electrons. The van der Waals surface area contributed by atoms with Gasteiger partial charge in [0, 0.05) is 43.7 Å². The summed E-state index contributed by atoms with van der Waals surface area (Å²) in [6, 6.07) is 56.5. The highest BCUT2D eigenvalue weighted by Crippen LogP contribution is 2.40. The molecular formula is C42H26N2O. The van der Waals surface area contributed by atoms with E-state index in [0.29, 0.717) is 0 Å². The molecule has 0 bridgehead atoms. The Kier molecular flexibility index (Phi) is 5.00. The van der Waals surface area contributed by atoms with Crippen LogP contribution in [0.4, 0.5) is 0 Å². The van der Waals surface area contributed by atoms with Crippen LogP contribution in [0.15, 0.2) is 162 Å². The molecular weight excluding hydrogens is 548 g/mol. The molecule has 0 saturated heterocycles. The summed E-state index contributed by atoms with van der Waals surface area (Å²) in [5.41, 5.74) is 11.2. The van der Waals surface area contributed by atoms with Gasteiger partial charge in [-0.1, -0.05) is 103 Å². The Morgan fingerprint density at radius 3 is 1.64 bits per heavy atom. The Balaban J connectivity index is 1.14. The fraction of sp³-hybridized carbons (Fsp3) is 0. The molecule has 0 aliphatic carbocycles. The lowest BCUT2D eigenvalue weighted by Gasteiger charge is -2.12. The second-order valence-corrected chi connectivity index (χ2v) is 11.8. The first-order chi connectivity index (χ1) is 22.3. The van der Waals surface area contributed by atoms with E-state index in [9.17, 15) is 0 Å². The molecule has 3 heteroatoms. The first-order valence-electron chi connectivity index (χ1n) is 15.4. The number of furan rings is 1. The normalized spacial score (nSPS) is 12.0. The van der Waals surface area contributed by atoms with Crippen LogP contribution >= 0.6 is 0 Å². The maximum Gasteiger partial charge on any atom is 0.160 e. The van der Waals surface area contributed by atoms with E-state index in [4.69, 9.17) is 4.42 Å². The van der Waals surface area contributed by atoms with Gasteiger partial charge in [-0.05, 0) is 65.7 Å². The summed E-state index contributed by atoms with van der Waals surface area (Å²) in [7, 11) is 0. The predicted octanol–water partition coefficient (Wildman–Crippen LogP) is 11.4. The van der Waals surface area contributed by atoms with Crippen molar-refractivity contribution >= 4 is 65.6 Å². The van der Waals surface area contributed by atoms with Crippen molar-refractivity contribution in [2.75, 3.05) is 0 Å². The molecule has 0 unspecified atom stereocenters. The molecule has 0 amide bonds. The lowest BCUT2D eigenvalue weighted by Crippen LogP contribution is -1.95. The van der Waals surface area contributed by atoms with Crippen molar-refractivity contribution in [3.63, 3.8) is 0 Å². The van der Waals surface area contributed by atoms with Gasteiger partial charge in [0.15, 0.2) is 5.58 Å². The average molecular weight is 575 g/mol. The molecule has 0 radical (unpaired) electrons. The fourth-order valence-electron chi connectivity index (χ4n) is 7.33. The van der Waals surface area contributed by atoms with Crippen LogP contribution in [0.1, 0.15) is 0 Å². The molecule has 3 nitrogen and oxygen atoms in total. The topological polar surface area (TPSA) is 23.0 Å². The van der Waals surface area contributed by atoms with Crippen molar-refractivity contribution in [2.24, 2.45) is 0 Å². The van der Waals surface area contributed by atoms with Crippen LogP contribution in [0, 0.1) is 0 Å². The van der Waals surface area contributed by atoms with E-state index in [0.717, 1.165) is 38.8 Å². The monoisotopic (exact) mass is 574 g/mol. The number of benzene rings is 7. The van der Waals surface area contributed by atoms with Gasteiger partial charge in [0.2, 0.25) is 0 Å². The van der Waals surface area contributed by atoms with E-state index >= 15 is 0 Å². The smallest absolute Gasteiger partial charge is 0.160 e. The molecule has 45 heavy (non-hydrogen) atoms. The van der Waals surface area contributed by atoms with Crippen molar-refractivity contribution in [3.8, 4) is 22.5 Å². The number of hydrogen-bond acceptors (Lipinski definition) is 1. The summed E-state index contributed by atoms with van der Waals surface area (Å²) in [4.78, 5) is 0. The standard InChI is InChI=1S/C42H26N2O/c1-5-16-37-31(12-1)32-13-2-6-17-38(32)43(37)30-11-9-10-28(26-30)27-20-22-29(23-21-27)44-39-18-7-3-14-33(39)35-24-25-36-34-15-4-8-19-40(34)45-42(36)41(35)44/h1-26H. The van der Waals surface area contributed by atoms with E-state index in [1.54, 1.807) is 0 Å². The van der Waals surface area contributed by atoms with Crippen molar-refractivity contribution in [3.05, 3.63) is 158 Å². The third-order valence-corrected chi connectivity index (χ3v) is 9.32. The van der Waals surface area contributed by atoms with Crippen molar-refractivity contribution in [1.82, 2.24) is 9.13 Å². The zero-order valence-corrected chi connectivity index (χ0v) is 24.3. The largest absolute Gasteiger partial charge is 0.454 e. The molecule has 3 heterocycles. The Labute approximate surface area is 258 Å². The molecule has 0 atom stereocenters. The molecule has 0 N–H and O–H groups in total. The Bertz CT molecular complexity index is 2700. The maximum atomic E-state index is 6.54. The summed E-state index contributed by atoms with van der Waals surface area (Å²) in [6.45, 7) is 0. The quantitative estimate of drug-likeness (QED) is 0.206. The summed E-state index contributed by atoms with van der Waals surface area (Å²) >= 11 is 0. The molecule has 10 rings (SSSR count). The van der Waals surface area contributed by atoms with Crippen LogP contribution < -0.4 is 0 Å². The Hall–Kier alpha value is -6.06. The third-order valence-electron chi connectivity index (χ3n) is 9.32. The number of fused-ring (bicyclic) bond motifs is 10. The summed E-state index contributed by atoms with van der Waals surface area (Å²) in [5.74, 6) is 0. The van der Waals surface area contributed by atoms with E-state index in [1.807, 2.05) is 6.07 Å². The highest BCUT2D eigenvalue weighted by molar-refractivity contribution is 6.21. The van der Waals surface area contributed by atoms with Gasteiger partial charge in [-0.25, -0.2) is 0 Å². The van der Waals surface area contributed by atoms with Gasteiger partial charge in [0.1, 0.15) is 5.58 Å². The minimum absolute atomic E-state index is 0.912. The lowest BCUT2D eigenvalue weighted by molar-refractivity contribution is 0.671. The van der Waals surface area contributed by atoms with Crippen molar-refractivity contribution < 1.29 is 4.42 Å². The van der Waals surface area contributed by atoms with Gasteiger partial charge in [0.05, 0.1) is 22.1 Å². The second kappa shape index (κ2) is 9.22. The van der Waals surface area contributed by atoms with Crippen LogP contribution in [0.5, 0.6) is 0 Å². The van der Waals surface area contributed by atoms with Gasteiger partial charge in [-0.3, -0.25) is 0 Å². The summed E-state index contributed by atoms with van der Waals surface area (Å²) < 4.78 is 11.3. The highest BCUT2D eigenvalue weighted by Gasteiger charge is 2.19. The van der Waals surface area contributed by atoms with E-state index < -0.39 is 0 Å². The predicted molar refractivity (Wildman–Crippen MR) is 188 cm³/mol. The van der Waals surface area contributed by atoms with Crippen LogP contribution in [0.3, 0.4) is 0 Å². The van der Waals surface area contributed by atoms with E-state index in [-0.39, 0.29) is 0 Å². The van der Waals surface area contributed by atoms with Crippen molar-refractivity contribution in [2.45, 2.75) is 0 Å². The van der Waals surface area contributed by atoms with Crippen molar-refractivity contribution in [1.29, 1.82) is 0 Å². The highest BCUT2D eigenvalue weighted by atomic mass is 16.3. The molecule has 7 aromatic carbocycles. The minimum atomic E-state index is 0.912. The minimum Gasteiger partial charge on any atom is -0.454 e. The number of aromatic nitrogens is 2. The molecule has 0 aliphatic rings. The number of rotatable bonds is 3. The molecule has 0 fully saturated rings. The average Bonchev–Trinajstić information content (AvgIpc) is 3.76. The number of para-hydroxylation sites is 4. The second-order valence-electron chi connectivity index (χ2n) is 11.8. The van der Waals surface area contributed by atoms with Crippen LogP contribution in [0.2, 0.25) is 0 Å². The summed E-state index contributed by atoms with van der Waals surface area (Å²) in [5, 5.41) is 7.24. The Morgan fingerprint density at radius 2 is 0.933 bits per heavy atom. The first-order valence-corrected chi connectivity index (χ1v) is 15.4. The Morgan fingerprint density at radius 1 is 0.356 bits per heavy atom. The molecule has 3 aromatic heterocycles. The summed E-state index contributed by atoms with van der Waals surface area (Å²) in [6.07, 6.45) is 0. The maximum absolute atomic E-state index is 6.54. The zero-order chi connectivity index (χ0) is 29.5. The van der Waals surface area contributed by atoms with E-state index in [1.165, 1.54) is 49.2 Å². The first kappa shape index (κ1) is 24.4. The number of hydrogen-bond donors (Lipinski definition) is 0. The molecule has 0 saturated carbocycles. The lowest BCUT2D eigenvalue weighted by atomic mass is 10.0. The van der Waals surface area contributed by atoms with Gasteiger partial charge in [0.25, 0.3) is 0 Å². The molecule has 10 aromatic rings. The molecule has 0 aliphatic heterocycles. The van der Waals surface area contributed by atoms with Gasteiger partial charge in [-0.2, -0.15) is 0 Å². The van der Waals surface area contributed by atoms with Crippen LogP contribution in [-0.4, -0.2) is 9.13 Å².